The van der Waals surface area contributed by atoms with E-state index in [1.165, 1.54) is 6.20 Å². The molecule has 1 aromatic carbocycles. The number of carbonyl (C=O) groups excluding carboxylic acids is 1. The number of hydrogen-bond acceptors (Lipinski definition) is 9. The number of piperazine rings is 1. The highest BCUT2D eigenvalue weighted by Crippen LogP contribution is 2.17. The van der Waals surface area contributed by atoms with E-state index in [4.69, 9.17) is 0 Å². The van der Waals surface area contributed by atoms with Gasteiger partial charge in [-0.05, 0) is 38.4 Å². The lowest BCUT2D eigenvalue weighted by Crippen LogP contribution is -2.48. The summed E-state index contributed by atoms with van der Waals surface area (Å²) in [5.74, 6) is 2.22. The van der Waals surface area contributed by atoms with Crippen molar-refractivity contribution in [1.82, 2.24) is 29.7 Å². The van der Waals surface area contributed by atoms with Crippen LogP contribution in [0.4, 0.5) is 23.4 Å². The zero-order valence-corrected chi connectivity index (χ0v) is 20.6. The summed E-state index contributed by atoms with van der Waals surface area (Å²) in [6.45, 7) is 7.87. The maximum absolute atomic E-state index is 12.5. The van der Waals surface area contributed by atoms with Crippen LogP contribution in [0.1, 0.15) is 23.1 Å². The molecular formula is C25H33N9O. The van der Waals surface area contributed by atoms with E-state index in [-0.39, 0.29) is 5.91 Å². The molecule has 2 N–H and O–H groups in total. The van der Waals surface area contributed by atoms with Crippen LogP contribution in [0.2, 0.25) is 0 Å². The SMILES string of the molecule is CCc1nc(Nc2ccc(C(=O)Nc3ccccc3)cn2)nc(N2CCN(CCN(C)C)CC2)n1. The third-order valence-electron chi connectivity index (χ3n) is 5.80. The zero-order valence-electron chi connectivity index (χ0n) is 20.6. The van der Waals surface area contributed by atoms with Gasteiger partial charge in [0, 0.05) is 57.6 Å². The Morgan fingerprint density at radius 1 is 1.00 bits per heavy atom. The molecule has 3 aromatic rings. The molecule has 1 saturated heterocycles. The smallest absolute Gasteiger partial charge is 0.257 e. The summed E-state index contributed by atoms with van der Waals surface area (Å²) < 4.78 is 0. The van der Waals surface area contributed by atoms with Crippen molar-refractivity contribution < 1.29 is 4.79 Å². The summed E-state index contributed by atoms with van der Waals surface area (Å²) in [6.07, 6.45) is 2.25. The number of pyridine rings is 1. The topological polar surface area (TPSA) is 102 Å². The first-order valence-corrected chi connectivity index (χ1v) is 12.0. The van der Waals surface area contributed by atoms with Crippen LogP contribution in [0.15, 0.2) is 48.7 Å². The van der Waals surface area contributed by atoms with Gasteiger partial charge in [0.25, 0.3) is 5.91 Å². The average molecular weight is 476 g/mol. The van der Waals surface area contributed by atoms with Gasteiger partial charge < -0.3 is 20.4 Å². The number of carbonyl (C=O) groups is 1. The minimum Gasteiger partial charge on any atom is -0.338 e. The predicted octanol–water partition coefficient (Wildman–Crippen LogP) is 2.51. The molecular weight excluding hydrogens is 442 g/mol. The van der Waals surface area contributed by atoms with Crippen LogP contribution in [-0.4, -0.2) is 89.0 Å². The van der Waals surface area contributed by atoms with E-state index in [1.807, 2.05) is 37.3 Å². The fourth-order valence-corrected chi connectivity index (χ4v) is 3.72. The standard InChI is InChI=1S/C25H33N9O/c1-4-21-28-24(31-25(30-21)34-16-14-33(15-17-34)13-12-32(2)3)29-22-11-10-19(18-26-22)23(35)27-20-8-6-5-7-9-20/h5-11,18H,4,12-17H2,1-3H3,(H,27,35)(H,26,28,29,30,31). The van der Waals surface area contributed by atoms with E-state index >= 15 is 0 Å². The highest BCUT2D eigenvalue weighted by atomic mass is 16.1. The summed E-state index contributed by atoms with van der Waals surface area (Å²) in [5.41, 5.74) is 1.21. The lowest BCUT2D eigenvalue weighted by molar-refractivity contribution is 0.102. The molecule has 1 fully saturated rings. The molecule has 3 heterocycles. The summed E-state index contributed by atoms with van der Waals surface area (Å²) in [7, 11) is 4.20. The van der Waals surface area contributed by atoms with Gasteiger partial charge in [0.1, 0.15) is 11.6 Å². The van der Waals surface area contributed by atoms with Gasteiger partial charge in [0.05, 0.1) is 5.56 Å². The fourth-order valence-electron chi connectivity index (χ4n) is 3.72. The second kappa shape index (κ2) is 11.7. The molecule has 0 spiro atoms. The van der Waals surface area contributed by atoms with Crippen molar-refractivity contribution in [3.8, 4) is 0 Å². The van der Waals surface area contributed by atoms with E-state index in [1.54, 1.807) is 12.1 Å². The number of benzene rings is 1. The van der Waals surface area contributed by atoms with Gasteiger partial charge in [-0.15, -0.1) is 0 Å². The Hall–Kier alpha value is -3.63. The van der Waals surface area contributed by atoms with Crippen LogP contribution in [0, 0.1) is 0 Å². The second-order valence-electron chi connectivity index (χ2n) is 8.74. The number of amides is 1. The van der Waals surface area contributed by atoms with E-state index in [2.05, 4.69) is 59.4 Å². The van der Waals surface area contributed by atoms with Crippen molar-refractivity contribution in [3.05, 3.63) is 60.0 Å². The summed E-state index contributed by atoms with van der Waals surface area (Å²) in [4.78, 5) is 37.6. The Kier molecular flexibility index (Phi) is 8.17. The zero-order chi connectivity index (χ0) is 24.6. The minimum absolute atomic E-state index is 0.212. The Labute approximate surface area is 206 Å². The molecule has 0 bridgehead atoms. The van der Waals surface area contributed by atoms with Gasteiger partial charge >= 0.3 is 0 Å². The lowest BCUT2D eigenvalue weighted by atomic mass is 10.2. The van der Waals surface area contributed by atoms with E-state index in [0.717, 1.165) is 50.8 Å². The summed E-state index contributed by atoms with van der Waals surface area (Å²) in [5, 5.41) is 6.03. The maximum Gasteiger partial charge on any atom is 0.257 e. The molecule has 184 valence electrons. The van der Waals surface area contributed by atoms with Gasteiger partial charge in [-0.2, -0.15) is 15.0 Å². The van der Waals surface area contributed by atoms with Crippen molar-refractivity contribution in [2.75, 3.05) is 68.9 Å². The van der Waals surface area contributed by atoms with Crippen LogP contribution in [0.3, 0.4) is 0 Å². The second-order valence-corrected chi connectivity index (χ2v) is 8.74. The molecule has 10 heteroatoms. The molecule has 35 heavy (non-hydrogen) atoms. The fraction of sp³-hybridized carbons (Fsp3) is 0.400. The van der Waals surface area contributed by atoms with Crippen LogP contribution in [0.5, 0.6) is 0 Å². The molecule has 4 rings (SSSR count). The number of nitrogens with one attached hydrogen (secondary N) is 2. The normalized spacial score (nSPS) is 14.2. The molecule has 1 aliphatic rings. The minimum atomic E-state index is -0.212. The van der Waals surface area contributed by atoms with Gasteiger partial charge in [-0.1, -0.05) is 25.1 Å². The third-order valence-corrected chi connectivity index (χ3v) is 5.80. The average Bonchev–Trinajstić information content (AvgIpc) is 2.88. The highest BCUT2D eigenvalue weighted by molar-refractivity contribution is 6.04. The van der Waals surface area contributed by atoms with Gasteiger partial charge in [-0.25, -0.2) is 4.98 Å². The molecule has 0 unspecified atom stereocenters. The molecule has 0 saturated carbocycles. The number of nitrogens with zero attached hydrogens (tertiary/aromatic N) is 7. The van der Waals surface area contributed by atoms with Crippen molar-refractivity contribution in [3.63, 3.8) is 0 Å². The number of para-hydroxylation sites is 1. The Balaban J connectivity index is 1.39. The molecule has 2 aromatic heterocycles. The summed E-state index contributed by atoms with van der Waals surface area (Å²) >= 11 is 0. The molecule has 0 radical (unpaired) electrons. The molecule has 1 aliphatic heterocycles. The Morgan fingerprint density at radius 2 is 1.77 bits per heavy atom. The lowest BCUT2D eigenvalue weighted by Gasteiger charge is -2.35. The van der Waals surface area contributed by atoms with Crippen LogP contribution in [-0.2, 0) is 6.42 Å². The van der Waals surface area contributed by atoms with Gasteiger partial charge in [-0.3, -0.25) is 9.69 Å². The monoisotopic (exact) mass is 475 g/mol. The quantitative estimate of drug-likeness (QED) is 0.483. The van der Waals surface area contributed by atoms with Gasteiger partial charge in [0.2, 0.25) is 11.9 Å². The van der Waals surface area contributed by atoms with E-state index in [0.29, 0.717) is 29.7 Å². The predicted molar refractivity (Wildman–Crippen MR) is 138 cm³/mol. The number of likely N-dealkylation sites (N-methyl/N-ethyl adjacent to an activating group) is 1. The molecule has 0 aliphatic carbocycles. The first-order chi connectivity index (χ1) is 17.0. The number of aromatic nitrogens is 4. The van der Waals surface area contributed by atoms with Crippen LogP contribution < -0.4 is 15.5 Å². The number of anilines is 4. The van der Waals surface area contributed by atoms with E-state index in [9.17, 15) is 4.79 Å². The van der Waals surface area contributed by atoms with Crippen LogP contribution >= 0.6 is 0 Å². The van der Waals surface area contributed by atoms with Crippen molar-refractivity contribution in [1.29, 1.82) is 0 Å². The first-order valence-electron chi connectivity index (χ1n) is 12.0. The highest BCUT2D eigenvalue weighted by Gasteiger charge is 2.20. The van der Waals surface area contributed by atoms with Gasteiger partial charge in [0.15, 0.2) is 0 Å². The van der Waals surface area contributed by atoms with Crippen molar-refractivity contribution in [2.45, 2.75) is 13.3 Å². The van der Waals surface area contributed by atoms with Crippen LogP contribution in [0.25, 0.3) is 0 Å². The van der Waals surface area contributed by atoms with Crippen molar-refractivity contribution >= 4 is 29.3 Å². The molecule has 1 amide bonds. The molecule has 0 atom stereocenters. The Morgan fingerprint density at radius 3 is 2.43 bits per heavy atom. The summed E-state index contributed by atoms with van der Waals surface area (Å²) in [6, 6.07) is 12.8. The largest absolute Gasteiger partial charge is 0.338 e. The first kappa shape index (κ1) is 24.5. The third kappa shape index (κ3) is 6.93. The number of rotatable bonds is 9. The Bertz CT molecular complexity index is 1100. The van der Waals surface area contributed by atoms with E-state index < -0.39 is 0 Å². The van der Waals surface area contributed by atoms with Crippen molar-refractivity contribution in [2.24, 2.45) is 0 Å². The number of aryl methyl sites for hydroxylation is 1. The number of hydrogen-bond donors (Lipinski definition) is 2. The maximum atomic E-state index is 12.5. The molecule has 10 nitrogen and oxygen atoms in total.